The number of imidazole rings is 1. The number of aromatic amines is 1. The molecule has 2 heterocycles. The van der Waals surface area contributed by atoms with Crippen LogP contribution in [0.2, 0.25) is 0 Å². The number of aromatic nitrogens is 3. The third kappa shape index (κ3) is 8.50. The van der Waals surface area contributed by atoms with Crippen molar-refractivity contribution in [3.8, 4) is 0 Å². The summed E-state index contributed by atoms with van der Waals surface area (Å²) in [5.41, 5.74) is 1.56. The molecule has 0 spiro atoms. The molecule has 3 rings (SSSR count). The lowest BCUT2D eigenvalue weighted by atomic mass is 10.0. The van der Waals surface area contributed by atoms with Crippen LogP contribution in [0.15, 0.2) is 47.4 Å². The van der Waals surface area contributed by atoms with E-state index in [1.807, 2.05) is 13.8 Å². The van der Waals surface area contributed by atoms with Gasteiger partial charge in [0.25, 0.3) is 5.56 Å². The first-order chi connectivity index (χ1) is 19.3. The minimum absolute atomic E-state index is 0.0302. The summed E-state index contributed by atoms with van der Waals surface area (Å²) in [4.78, 5) is 60.9. The van der Waals surface area contributed by atoms with Crippen molar-refractivity contribution in [1.29, 1.82) is 0 Å². The number of hydrogen-bond acceptors (Lipinski definition) is 5. The van der Waals surface area contributed by atoms with E-state index < -0.39 is 23.5 Å². The highest BCUT2D eigenvalue weighted by atomic mass is 19.1. The van der Waals surface area contributed by atoms with Crippen LogP contribution in [0.25, 0.3) is 11.0 Å². The number of pyridine rings is 1. The summed E-state index contributed by atoms with van der Waals surface area (Å²) in [5, 5.41) is 5.28. The molecule has 0 aliphatic carbocycles. The Morgan fingerprint density at radius 2 is 1.88 bits per heavy atom. The molecule has 0 saturated carbocycles. The van der Waals surface area contributed by atoms with Crippen LogP contribution in [-0.2, 0) is 22.6 Å². The normalized spacial score (nSPS) is 12.1. The van der Waals surface area contributed by atoms with E-state index in [0.717, 1.165) is 5.56 Å². The molecule has 0 fully saturated rings. The molecule has 0 saturated heterocycles. The van der Waals surface area contributed by atoms with Crippen molar-refractivity contribution >= 4 is 34.6 Å². The zero-order chi connectivity index (χ0) is 30.3. The maximum Gasteiger partial charge on any atom is 0.317 e. The molecule has 1 atom stereocenters. The summed E-state index contributed by atoms with van der Waals surface area (Å²) in [6, 6.07) is 4.53. The molecule has 3 N–H and O–H groups in total. The fourth-order valence-corrected chi connectivity index (χ4v) is 4.15. The number of allylic oxidation sites excluding steroid dienone is 1. The number of H-pyrrole nitrogens is 1. The fourth-order valence-electron chi connectivity index (χ4n) is 4.15. The summed E-state index contributed by atoms with van der Waals surface area (Å²) in [7, 11) is 6.36. The SMILES string of the molecule is CC(C)Cc1cc(F)cc2[nH]c(Cn3cccc(NC(=O)C(CC/C=C/C(=O)N(C)C)NC(=O)N(C)C)c3=O)nc12. The van der Waals surface area contributed by atoms with Gasteiger partial charge < -0.3 is 30.0 Å². The van der Waals surface area contributed by atoms with Crippen molar-refractivity contribution in [3.05, 3.63) is 70.2 Å². The van der Waals surface area contributed by atoms with E-state index >= 15 is 0 Å². The Bertz CT molecular complexity index is 1490. The molecule has 3 aromatic rings. The molecule has 0 aliphatic heterocycles. The number of hydrogen-bond donors (Lipinski definition) is 3. The van der Waals surface area contributed by atoms with Crippen LogP contribution in [0.1, 0.15) is 38.1 Å². The van der Waals surface area contributed by atoms with Crippen LogP contribution in [0, 0.1) is 11.7 Å². The van der Waals surface area contributed by atoms with E-state index in [2.05, 4.69) is 20.6 Å². The fraction of sp³-hybridized carbons (Fsp3) is 0.414. The number of anilines is 1. The Labute approximate surface area is 238 Å². The van der Waals surface area contributed by atoms with Crippen molar-refractivity contribution in [1.82, 2.24) is 29.7 Å². The zero-order valence-electron chi connectivity index (χ0n) is 24.3. The van der Waals surface area contributed by atoms with Gasteiger partial charge in [0.2, 0.25) is 11.8 Å². The molecule has 220 valence electrons. The first-order valence-corrected chi connectivity index (χ1v) is 13.4. The molecular weight excluding hydrogens is 529 g/mol. The Morgan fingerprint density at radius 1 is 1.15 bits per heavy atom. The van der Waals surface area contributed by atoms with E-state index in [9.17, 15) is 23.6 Å². The topological polar surface area (TPSA) is 132 Å². The van der Waals surface area contributed by atoms with Gasteiger partial charge in [-0.25, -0.2) is 14.2 Å². The van der Waals surface area contributed by atoms with Crippen molar-refractivity contribution in [2.75, 3.05) is 33.5 Å². The van der Waals surface area contributed by atoms with Gasteiger partial charge in [0, 0.05) is 34.4 Å². The van der Waals surface area contributed by atoms with Crippen LogP contribution in [-0.4, -0.2) is 76.4 Å². The molecular formula is C29H38FN7O4. The molecule has 1 aromatic carbocycles. The summed E-state index contributed by atoms with van der Waals surface area (Å²) in [6.45, 7) is 4.16. The number of rotatable bonds is 11. The van der Waals surface area contributed by atoms with Crippen LogP contribution < -0.4 is 16.2 Å². The molecule has 0 radical (unpaired) electrons. The number of nitrogens with one attached hydrogen (secondary N) is 3. The number of amides is 4. The summed E-state index contributed by atoms with van der Waals surface area (Å²) in [6.07, 6.45) is 5.81. The molecule has 0 aliphatic rings. The highest BCUT2D eigenvalue weighted by Crippen LogP contribution is 2.22. The van der Waals surface area contributed by atoms with Gasteiger partial charge >= 0.3 is 6.03 Å². The lowest BCUT2D eigenvalue weighted by Gasteiger charge is -2.20. The minimum Gasteiger partial charge on any atom is -0.345 e. The second-order valence-electron chi connectivity index (χ2n) is 10.7. The first kappa shape index (κ1) is 31.1. The lowest BCUT2D eigenvalue weighted by molar-refractivity contribution is -0.123. The van der Waals surface area contributed by atoms with E-state index in [4.69, 9.17) is 0 Å². The van der Waals surface area contributed by atoms with E-state index in [1.165, 1.54) is 38.6 Å². The smallest absolute Gasteiger partial charge is 0.317 e. The molecule has 0 bridgehead atoms. The number of carbonyl (C=O) groups excluding carboxylic acids is 3. The van der Waals surface area contributed by atoms with Gasteiger partial charge in [0.1, 0.15) is 23.4 Å². The van der Waals surface area contributed by atoms with Crippen molar-refractivity contribution < 1.29 is 18.8 Å². The molecule has 12 heteroatoms. The minimum atomic E-state index is -0.957. The summed E-state index contributed by atoms with van der Waals surface area (Å²) < 4.78 is 15.6. The zero-order valence-corrected chi connectivity index (χ0v) is 24.3. The third-order valence-corrected chi connectivity index (χ3v) is 6.25. The summed E-state index contributed by atoms with van der Waals surface area (Å²) >= 11 is 0. The van der Waals surface area contributed by atoms with Crippen molar-refractivity contribution in [2.45, 2.75) is 45.7 Å². The predicted molar refractivity (Wildman–Crippen MR) is 156 cm³/mol. The number of likely N-dealkylation sites (N-methyl/N-ethyl adjacent to an activating group) is 1. The Kier molecular flexibility index (Phi) is 10.4. The van der Waals surface area contributed by atoms with Gasteiger partial charge in [0.05, 0.1) is 17.6 Å². The van der Waals surface area contributed by atoms with Gasteiger partial charge in [-0.1, -0.05) is 19.9 Å². The number of urea groups is 1. The van der Waals surface area contributed by atoms with Crippen LogP contribution in [0.4, 0.5) is 14.9 Å². The Balaban J connectivity index is 1.79. The number of fused-ring (bicyclic) bond motifs is 1. The van der Waals surface area contributed by atoms with Gasteiger partial charge in [-0.15, -0.1) is 0 Å². The van der Waals surface area contributed by atoms with Crippen LogP contribution in [0.5, 0.6) is 0 Å². The average Bonchev–Trinajstić information content (AvgIpc) is 3.29. The number of nitrogens with zero attached hydrogens (tertiary/aromatic N) is 4. The van der Waals surface area contributed by atoms with Crippen molar-refractivity contribution in [3.63, 3.8) is 0 Å². The number of carbonyl (C=O) groups is 3. The maximum atomic E-state index is 14.2. The standard InChI is InChI=1S/C29H38FN7O4/c1-18(2)14-19-15-20(30)16-23-26(19)34-24(31-23)17-37-13-9-11-22(28(37)40)32-27(39)21(33-29(41)36(5)6)10-7-8-12-25(38)35(3)4/h8-9,11-13,15-16,18,21H,7,10,14,17H2,1-6H3,(H,31,34)(H,32,39)(H,33,41)/b12-8+. The number of halogens is 1. The van der Waals surface area contributed by atoms with Crippen molar-refractivity contribution in [2.24, 2.45) is 5.92 Å². The quantitative estimate of drug-likeness (QED) is 0.306. The molecule has 11 nitrogen and oxygen atoms in total. The average molecular weight is 568 g/mol. The Hall–Kier alpha value is -4.48. The van der Waals surface area contributed by atoms with Crippen LogP contribution >= 0.6 is 0 Å². The molecule has 2 aromatic heterocycles. The second-order valence-corrected chi connectivity index (χ2v) is 10.7. The van der Waals surface area contributed by atoms with Crippen LogP contribution in [0.3, 0.4) is 0 Å². The Morgan fingerprint density at radius 3 is 2.54 bits per heavy atom. The molecule has 1 unspecified atom stereocenters. The monoisotopic (exact) mass is 567 g/mol. The van der Waals surface area contributed by atoms with E-state index in [1.54, 1.807) is 46.5 Å². The third-order valence-electron chi connectivity index (χ3n) is 6.25. The molecule has 4 amide bonds. The van der Waals surface area contributed by atoms with E-state index in [0.29, 0.717) is 35.6 Å². The highest BCUT2D eigenvalue weighted by molar-refractivity contribution is 5.96. The number of benzene rings is 1. The van der Waals surface area contributed by atoms with Gasteiger partial charge in [-0.3, -0.25) is 14.4 Å². The van der Waals surface area contributed by atoms with Gasteiger partial charge in [0.15, 0.2) is 0 Å². The molecule has 41 heavy (non-hydrogen) atoms. The largest absolute Gasteiger partial charge is 0.345 e. The predicted octanol–water partition coefficient (Wildman–Crippen LogP) is 3.11. The van der Waals surface area contributed by atoms with Gasteiger partial charge in [-0.05, 0) is 61.1 Å². The summed E-state index contributed by atoms with van der Waals surface area (Å²) in [5.74, 6) is -0.345. The maximum absolute atomic E-state index is 14.2. The lowest BCUT2D eigenvalue weighted by Crippen LogP contribution is -2.48. The first-order valence-electron chi connectivity index (χ1n) is 13.4. The highest BCUT2D eigenvalue weighted by Gasteiger charge is 2.22. The second kappa shape index (κ2) is 13.7. The van der Waals surface area contributed by atoms with E-state index in [-0.39, 0.29) is 30.4 Å². The van der Waals surface area contributed by atoms with Gasteiger partial charge in [-0.2, -0.15) is 0 Å².